The second-order valence-corrected chi connectivity index (χ2v) is 4.29. The van der Waals surface area contributed by atoms with Crippen molar-refractivity contribution in [2.45, 2.75) is 25.3 Å². The molecule has 0 saturated carbocycles. The number of rotatable bonds is 0. The number of halogens is 2. The Bertz CT molecular complexity index is 336. The molecule has 1 nitrogen and oxygen atoms in total. The fourth-order valence-corrected chi connectivity index (χ4v) is 2.26. The predicted molar refractivity (Wildman–Crippen MR) is 56.5 cm³/mol. The van der Waals surface area contributed by atoms with Gasteiger partial charge in [0.25, 0.3) is 0 Å². The number of hydrogen-bond donors (Lipinski definition) is 1. The summed E-state index contributed by atoms with van der Waals surface area (Å²) in [6.07, 6.45) is 2.88. The van der Waals surface area contributed by atoms with E-state index in [4.69, 9.17) is 28.9 Å². The van der Waals surface area contributed by atoms with Crippen molar-refractivity contribution in [3.8, 4) is 0 Å². The van der Waals surface area contributed by atoms with Crippen molar-refractivity contribution in [2.75, 3.05) is 0 Å². The van der Waals surface area contributed by atoms with Gasteiger partial charge < -0.3 is 5.73 Å². The molecule has 0 bridgehead atoms. The van der Waals surface area contributed by atoms with Gasteiger partial charge in [0.1, 0.15) is 0 Å². The number of fused-ring (bicyclic) bond motifs is 1. The van der Waals surface area contributed by atoms with Crippen LogP contribution >= 0.6 is 23.2 Å². The Morgan fingerprint density at radius 3 is 2.85 bits per heavy atom. The van der Waals surface area contributed by atoms with Crippen molar-refractivity contribution < 1.29 is 0 Å². The number of benzene rings is 1. The Labute approximate surface area is 87.8 Å². The van der Waals surface area contributed by atoms with E-state index in [2.05, 4.69) is 0 Å². The second kappa shape index (κ2) is 3.49. The van der Waals surface area contributed by atoms with Crippen LogP contribution in [0, 0.1) is 0 Å². The molecule has 0 fully saturated rings. The zero-order valence-electron chi connectivity index (χ0n) is 7.19. The topological polar surface area (TPSA) is 26.0 Å². The maximum Gasteiger partial charge on any atom is 0.0627 e. The van der Waals surface area contributed by atoms with Gasteiger partial charge in [-0.3, -0.25) is 0 Å². The summed E-state index contributed by atoms with van der Waals surface area (Å²) in [6.45, 7) is 0. The molecule has 0 aliphatic heterocycles. The van der Waals surface area contributed by atoms with Crippen molar-refractivity contribution in [2.24, 2.45) is 5.73 Å². The summed E-state index contributed by atoms with van der Waals surface area (Å²) in [5.41, 5.74) is 8.31. The van der Waals surface area contributed by atoms with Crippen molar-refractivity contribution in [1.82, 2.24) is 0 Å². The Morgan fingerprint density at radius 2 is 2.08 bits per heavy atom. The molecule has 0 saturated heterocycles. The summed E-state index contributed by atoms with van der Waals surface area (Å²) in [5, 5.41) is 1.36. The van der Waals surface area contributed by atoms with E-state index in [9.17, 15) is 0 Å². The lowest BCUT2D eigenvalue weighted by atomic mass is 9.89. The van der Waals surface area contributed by atoms with Crippen LogP contribution in [0.3, 0.4) is 0 Å². The van der Waals surface area contributed by atoms with Crippen LogP contribution in [0.1, 0.15) is 17.5 Å². The van der Waals surface area contributed by atoms with Gasteiger partial charge in [-0.2, -0.15) is 0 Å². The first kappa shape index (κ1) is 9.32. The zero-order valence-corrected chi connectivity index (χ0v) is 8.70. The molecule has 1 atom stereocenters. The lowest BCUT2D eigenvalue weighted by Gasteiger charge is -2.22. The molecule has 1 aromatic carbocycles. The van der Waals surface area contributed by atoms with Gasteiger partial charge >= 0.3 is 0 Å². The first-order valence-corrected chi connectivity index (χ1v) is 5.15. The minimum absolute atomic E-state index is 0.282. The maximum atomic E-state index is 6.09. The van der Waals surface area contributed by atoms with Crippen LogP contribution in [0.15, 0.2) is 12.1 Å². The second-order valence-electron chi connectivity index (χ2n) is 3.50. The summed E-state index contributed by atoms with van der Waals surface area (Å²) < 4.78 is 0. The molecule has 0 amide bonds. The van der Waals surface area contributed by atoms with E-state index in [0.29, 0.717) is 10.0 Å². The van der Waals surface area contributed by atoms with Crippen LogP contribution in [-0.2, 0) is 12.8 Å². The Hall–Kier alpha value is -0.240. The van der Waals surface area contributed by atoms with Crippen LogP contribution in [0.25, 0.3) is 0 Å². The number of nitrogens with two attached hydrogens (primary N) is 1. The Morgan fingerprint density at radius 1 is 1.31 bits per heavy atom. The third-order valence-corrected chi connectivity index (χ3v) is 3.38. The van der Waals surface area contributed by atoms with Crippen LogP contribution in [0.2, 0.25) is 10.0 Å². The van der Waals surface area contributed by atoms with Gasteiger partial charge in [0, 0.05) is 6.04 Å². The molecule has 3 heteroatoms. The van der Waals surface area contributed by atoms with Gasteiger partial charge in [-0.05, 0) is 36.5 Å². The van der Waals surface area contributed by atoms with E-state index >= 15 is 0 Å². The van der Waals surface area contributed by atoms with Gasteiger partial charge in [0.15, 0.2) is 0 Å². The molecule has 2 rings (SSSR count). The molecule has 1 aliphatic rings. The third kappa shape index (κ3) is 1.69. The van der Waals surface area contributed by atoms with Crippen molar-refractivity contribution in [3.05, 3.63) is 33.3 Å². The highest BCUT2D eigenvalue weighted by Crippen LogP contribution is 2.32. The summed E-state index contributed by atoms with van der Waals surface area (Å²) >= 11 is 12.0. The average Bonchev–Trinajstić information content (AvgIpc) is 2.12. The minimum atomic E-state index is 0.282. The highest BCUT2D eigenvalue weighted by molar-refractivity contribution is 6.42. The van der Waals surface area contributed by atoms with Crippen molar-refractivity contribution in [3.63, 3.8) is 0 Å². The normalized spacial score (nSPS) is 21.3. The maximum absolute atomic E-state index is 6.09. The molecular formula is C10H11Cl2N. The van der Waals surface area contributed by atoms with Crippen LogP contribution in [-0.4, -0.2) is 6.04 Å². The molecule has 1 aliphatic carbocycles. The monoisotopic (exact) mass is 215 g/mol. The smallest absolute Gasteiger partial charge is 0.0627 e. The van der Waals surface area contributed by atoms with E-state index in [1.165, 1.54) is 11.1 Å². The summed E-state index contributed by atoms with van der Waals surface area (Å²) in [7, 11) is 0. The molecular weight excluding hydrogens is 205 g/mol. The van der Waals surface area contributed by atoms with E-state index in [1.807, 2.05) is 12.1 Å². The molecule has 0 heterocycles. The molecule has 13 heavy (non-hydrogen) atoms. The molecule has 2 N–H and O–H groups in total. The van der Waals surface area contributed by atoms with E-state index < -0.39 is 0 Å². The van der Waals surface area contributed by atoms with Crippen molar-refractivity contribution in [1.29, 1.82) is 0 Å². The summed E-state index contributed by atoms with van der Waals surface area (Å²) in [6, 6.07) is 4.16. The van der Waals surface area contributed by atoms with Crippen LogP contribution in [0.5, 0.6) is 0 Å². The van der Waals surface area contributed by atoms with Crippen LogP contribution in [0.4, 0.5) is 0 Å². The standard InChI is InChI=1S/C10H11Cl2N/c11-9-4-1-6-5-7(13)2-3-8(6)10(9)12/h1,4,7H,2-3,5,13H2. The van der Waals surface area contributed by atoms with E-state index in [0.717, 1.165) is 19.3 Å². The lowest BCUT2D eigenvalue weighted by Crippen LogP contribution is -2.27. The fraction of sp³-hybridized carbons (Fsp3) is 0.400. The molecule has 70 valence electrons. The van der Waals surface area contributed by atoms with Gasteiger partial charge in [-0.15, -0.1) is 0 Å². The Kier molecular flexibility index (Phi) is 2.50. The SMILES string of the molecule is NC1CCc2c(ccc(Cl)c2Cl)C1. The highest BCUT2D eigenvalue weighted by atomic mass is 35.5. The zero-order chi connectivity index (χ0) is 9.42. The van der Waals surface area contributed by atoms with Gasteiger partial charge in [0.05, 0.1) is 10.0 Å². The molecule has 1 unspecified atom stereocenters. The van der Waals surface area contributed by atoms with Crippen LogP contribution < -0.4 is 5.73 Å². The average molecular weight is 216 g/mol. The van der Waals surface area contributed by atoms with E-state index in [-0.39, 0.29) is 6.04 Å². The van der Waals surface area contributed by atoms with Gasteiger partial charge in [-0.1, -0.05) is 29.3 Å². The quantitative estimate of drug-likeness (QED) is 0.708. The highest BCUT2D eigenvalue weighted by Gasteiger charge is 2.18. The fourth-order valence-electron chi connectivity index (χ4n) is 1.81. The molecule has 0 radical (unpaired) electrons. The molecule has 1 aromatic rings. The number of hydrogen-bond acceptors (Lipinski definition) is 1. The largest absolute Gasteiger partial charge is 0.327 e. The lowest BCUT2D eigenvalue weighted by molar-refractivity contribution is 0.576. The van der Waals surface area contributed by atoms with E-state index in [1.54, 1.807) is 0 Å². The summed E-state index contributed by atoms with van der Waals surface area (Å²) in [5.74, 6) is 0. The third-order valence-electron chi connectivity index (χ3n) is 2.54. The molecule has 0 aromatic heterocycles. The van der Waals surface area contributed by atoms with Gasteiger partial charge in [-0.25, -0.2) is 0 Å². The first-order chi connectivity index (χ1) is 6.18. The Balaban J connectivity index is 2.47. The minimum Gasteiger partial charge on any atom is -0.327 e. The first-order valence-electron chi connectivity index (χ1n) is 4.40. The molecule has 0 spiro atoms. The van der Waals surface area contributed by atoms with Crippen molar-refractivity contribution >= 4 is 23.2 Å². The van der Waals surface area contributed by atoms with Gasteiger partial charge in [0.2, 0.25) is 0 Å². The predicted octanol–water partition coefficient (Wildman–Crippen LogP) is 2.81. The summed E-state index contributed by atoms with van der Waals surface area (Å²) in [4.78, 5) is 0.